The molecule has 0 saturated heterocycles. The maximum Gasteiger partial charge on any atom is 0.134 e. The van der Waals surface area contributed by atoms with Gasteiger partial charge in [-0.25, -0.2) is 0 Å². The third-order valence-corrected chi connectivity index (χ3v) is 4.08. The number of benzene rings is 1. The van der Waals surface area contributed by atoms with Crippen LogP contribution in [0, 0.1) is 0 Å². The lowest BCUT2D eigenvalue weighted by Crippen LogP contribution is -2.15. The third kappa shape index (κ3) is 4.34. The van der Waals surface area contributed by atoms with Crippen molar-refractivity contribution in [2.75, 3.05) is 20.2 Å². The van der Waals surface area contributed by atoms with Gasteiger partial charge in [-0.1, -0.05) is 18.2 Å². The molecule has 2 rings (SSSR count). The van der Waals surface area contributed by atoms with Gasteiger partial charge in [0.25, 0.3) is 0 Å². The molecule has 108 valence electrons. The number of hydrogen-bond donors (Lipinski definition) is 2. The summed E-state index contributed by atoms with van der Waals surface area (Å²) in [6, 6.07) is 12.1. The molecule has 0 aliphatic rings. The van der Waals surface area contributed by atoms with Crippen LogP contribution in [0.15, 0.2) is 41.8 Å². The molecular formula is C16H21NO2S. The highest BCUT2D eigenvalue weighted by Crippen LogP contribution is 2.28. The van der Waals surface area contributed by atoms with Crippen molar-refractivity contribution < 1.29 is 9.84 Å². The van der Waals surface area contributed by atoms with Gasteiger partial charge in [-0.2, -0.15) is 0 Å². The fraction of sp³-hybridized carbons (Fsp3) is 0.375. The molecule has 0 fully saturated rings. The van der Waals surface area contributed by atoms with E-state index in [1.807, 2.05) is 31.3 Å². The topological polar surface area (TPSA) is 41.5 Å². The molecule has 20 heavy (non-hydrogen) atoms. The molecule has 0 amide bonds. The first-order valence-corrected chi connectivity index (χ1v) is 7.76. The number of ether oxygens (including phenoxy) is 1. The molecule has 2 N–H and O–H groups in total. The van der Waals surface area contributed by atoms with Crippen LogP contribution >= 0.6 is 11.3 Å². The summed E-state index contributed by atoms with van der Waals surface area (Å²) in [7, 11) is 1.95. The Kier molecular flexibility index (Phi) is 6.05. The molecule has 0 aliphatic carbocycles. The Bertz CT molecular complexity index is 482. The minimum absolute atomic E-state index is 0.0890. The van der Waals surface area contributed by atoms with Crippen LogP contribution in [0.2, 0.25) is 0 Å². The van der Waals surface area contributed by atoms with Gasteiger partial charge in [0.2, 0.25) is 0 Å². The zero-order chi connectivity index (χ0) is 14.2. The Morgan fingerprint density at radius 1 is 1.25 bits per heavy atom. The fourth-order valence-electron chi connectivity index (χ4n) is 2.04. The zero-order valence-corrected chi connectivity index (χ0v) is 12.5. The van der Waals surface area contributed by atoms with Crippen molar-refractivity contribution in [1.82, 2.24) is 5.32 Å². The zero-order valence-electron chi connectivity index (χ0n) is 11.7. The van der Waals surface area contributed by atoms with Crippen molar-refractivity contribution in [3.8, 4) is 5.75 Å². The lowest BCUT2D eigenvalue weighted by Gasteiger charge is -2.18. The standard InChI is InChI=1S/C16H21NO2S/c1-17-10-8-15(16-3-2-12-20-16)19-14-6-4-13(5-7-14)9-11-18/h2-7,12,15,17-18H,8-11H2,1H3. The molecule has 1 atom stereocenters. The van der Waals surface area contributed by atoms with Crippen LogP contribution in [0.3, 0.4) is 0 Å². The van der Waals surface area contributed by atoms with E-state index in [-0.39, 0.29) is 12.7 Å². The van der Waals surface area contributed by atoms with Crippen LogP contribution in [0.25, 0.3) is 0 Å². The lowest BCUT2D eigenvalue weighted by atomic mass is 10.1. The molecule has 1 heterocycles. The van der Waals surface area contributed by atoms with Crippen molar-refractivity contribution >= 4 is 11.3 Å². The molecule has 1 aromatic heterocycles. The Morgan fingerprint density at radius 2 is 2.05 bits per heavy atom. The smallest absolute Gasteiger partial charge is 0.134 e. The summed E-state index contributed by atoms with van der Waals surface area (Å²) in [5.74, 6) is 0.876. The van der Waals surface area contributed by atoms with Gasteiger partial charge in [0.1, 0.15) is 11.9 Å². The second-order valence-electron chi connectivity index (χ2n) is 4.63. The quantitative estimate of drug-likeness (QED) is 0.785. The highest BCUT2D eigenvalue weighted by molar-refractivity contribution is 7.10. The average molecular weight is 291 g/mol. The Balaban J connectivity index is 2.03. The molecule has 1 aromatic carbocycles. The highest BCUT2D eigenvalue weighted by atomic mass is 32.1. The van der Waals surface area contributed by atoms with Crippen molar-refractivity contribution in [2.45, 2.75) is 18.9 Å². The summed E-state index contributed by atoms with van der Waals surface area (Å²) in [5.41, 5.74) is 1.13. The molecule has 4 heteroatoms. The van der Waals surface area contributed by atoms with Crippen molar-refractivity contribution in [3.05, 3.63) is 52.2 Å². The second-order valence-corrected chi connectivity index (χ2v) is 5.61. The first kappa shape index (κ1) is 15.0. The molecule has 0 bridgehead atoms. The van der Waals surface area contributed by atoms with Crippen LogP contribution < -0.4 is 10.1 Å². The van der Waals surface area contributed by atoms with Gasteiger partial charge in [-0.05, 0) is 49.2 Å². The number of hydrogen-bond acceptors (Lipinski definition) is 4. The number of thiophene rings is 1. The molecule has 3 nitrogen and oxygen atoms in total. The normalized spacial score (nSPS) is 12.3. The van der Waals surface area contributed by atoms with Crippen LogP contribution in [-0.2, 0) is 6.42 Å². The molecule has 0 radical (unpaired) electrons. The number of aliphatic hydroxyl groups excluding tert-OH is 1. The molecule has 0 saturated carbocycles. The summed E-state index contributed by atoms with van der Waals surface area (Å²) in [4.78, 5) is 1.25. The highest BCUT2D eigenvalue weighted by Gasteiger charge is 2.14. The van der Waals surface area contributed by atoms with E-state index >= 15 is 0 Å². The van der Waals surface area contributed by atoms with Crippen LogP contribution in [0.5, 0.6) is 5.75 Å². The predicted octanol–water partition coefficient (Wildman–Crippen LogP) is 3.01. The predicted molar refractivity (Wildman–Crippen MR) is 83.5 cm³/mol. The van der Waals surface area contributed by atoms with Gasteiger partial charge >= 0.3 is 0 Å². The SMILES string of the molecule is CNCCC(Oc1ccc(CCO)cc1)c1cccs1. The maximum atomic E-state index is 8.92. The number of aliphatic hydroxyl groups is 1. The first-order chi connectivity index (χ1) is 9.83. The van der Waals surface area contributed by atoms with Crippen LogP contribution in [0.4, 0.5) is 0 Å². The number of nitrogens with one attached hydrogen (secondary N) is 1. The monoisotopic (exact) mass is 291 g/mol. The van der Waals surface area contributed by atoms with E-state index in [0.29, 0.717) is 6.42 Å². The van der Waals surface area contributed by atoms with E-state index in [4.69, 9.17) is 9.84 Å². The molecule has 0 aliphatic heterocycles. The van der Waals surface area contributed by atoms with Gasteiger partial charge in [0, 0.05) is 17.9 Å². The van der Waals surface area contributed by atoms with E-state index in [1.165, 1.54) is 4.88 Å². The molecular weight excluding hydrogens is 270 g/mol. The summed E-state index contributed by atoms with van der Waals surface area (Å²) in [5, 5.41) is 14.2. The largest absolute Gasteiger partial charge is 0.485 e. The first-order valence-electron chi connectivity index (χ1n) is 6.88. The Hall–Kier alpha value is -1.36. The molecule has 2 aromatic rings. The minimum atomic E-state index is 0.0890. The molecule has 0 spiro atoms. The second kappa shape index (κ2) is 8.04. The Labute approximate surface area is 124 Å². The van der Waals surface area contributed by atoms with E-state index in [9.17, 15) is 0 Å². The fourth-order valence-corrected chi connectivity index (χ4v) is 2.83. The summed E-state index contributed by atoms with van der Waals surface area (Å²) in [6.45, 7) is 1.10. The van der Waals surface area contributed by atoms with Gasteiger partial charge in [0.15, 0.2) is 0 Å². The van der Waals surface area contributed by atoms with Gasteiger partial charge in [-0.15, -0.1) is 11.3 Å². The summed E-state index contributed by atoms with van der Waals surface area (Å²) in [6.07, 6.45) is 1.72. The third-order valence-electron chi connectivity index (χ3n) is 3.12. The van der Waals surface area contributed by atoms with Gasteiger partial charge in [-0.3, -0.25) is 0 Å². The lowest BCUT2D eigenvalue weighted by molar-refractivity contribution is 0.198. The van der Waals surface area contributed by atoms with Gasteiger partial charge < -0.3 is 15.2 Å². The minimum Gasteiger partial charge on any atom is -0.485 e. The van der Waals surface area contributed by atoms with E-state index < -0.39 is 0 Å². The van der Waals surface area contributed by atoms with Crippen molar-refractivity contribution in [3.63, 3.8) is 0 Å². The van der Waals surface area contributed by atoms with E-state index in [2.05, 4.69) is 22.8 Å². The van der Waals surface area contributed by atoms with Crippen molar-refractivity contribution in [2.24, 2.45) is 0 Å². The molecule has 1 unspecified atom stereocenters. The maximum absolute atomic E-state index is 8.92. The van der Waals surface area contributed by atoms with Crippen molar-refractivity contribution in [1.29, 1.82) is 0 Å². The summed E-state index contributed by atoms with van der Waals surface area (Å²) >= 11 is 1.73. The van der Waals surface area contributed by atoms with E-state index in [1.54, 1.807) is 11.3 Å². The number of rotatable bonds is 8. The van der Waals surface area contributed by atoms with Gasteiger partial charge in [0.05, 0.1) is 0 Å². The Morgan fingerprint density at radius 3 is 2.65 bits per heavy atom. The van der Waals surface area contributed by atoms with Crippen LogP contribution in [-0.4, -0.2) is 25.3 Å². The van der Waals surface area contributed by atoms with Crippen LogP contribution in [0.1, 0.15) is 23.0 Å². The average Bonchev–Trinajstić information content (AvgIpc) is 3.00. The summed E-state index contributed by atoms with van der Waals surface area (Å²) < 4.78 is 6.10. The van der Waals surface area contributed by atoms with E-state index in [0.717, 1.165) is 24.3 Å².